The van der Waals surface area contributed by atoms with E-state index in [9.17, 15) is 17.6 Å². The highest BCUT2D eigenvalue weighted by atomic mass is 19.3. The number of ether oxygens (including phenoxy) is 1. The number of alkyl halides is 4. The summed E-state index contributed by atoms with van der Waals surface area (Å²) in [6, 6.07) is 0. The van der Waals surface area contributed by atoms with Gasteiger partial charge in [0.1, 0.15) is 0 Å². The molecule has 0 N–H and O–H groups in total. The third-order valence-electron chi connectivity index (χ3n) is 5.45. The van der Waals surface area contributed by atoms with E-state index >= 15 is 0 Å². The summed E-state index contributed by atoms with van der Waals surface area (Å²) in [5.74, 6) is -5.21. The van der Waals surface area contributed by atoms with Gasteiger partial charge >= 0.3 is 0 Å². The molecule has 2 aliphatic carbocycles. The minimum absolute atomic E-state index is 0.0222. The van der Waals surface area contributed by atoms with E-state index in [4.69, 9.17) is 4.74 Å². The molecule has 1 aliphatic heterocycles. The molecule has 3 fully saturated rings. The average Bonchev–Trinajstić information content (AvgIpc) is 3.11. The number of hydrogen-bond donors (Lipinski definition) is 0. The first-order chi connectivity index (χ1) is 9.62. The van der Waals surface area contributed by atoms with Crippen molar-refractivity contribution in [3.05, 3.63) is 0 Å². The summed E-state index contributed by atoms with van der Waals surface area (Å²) in [5, 5.41) is 0. The van der Waals surface area contributed by atoms with Crippen LogP contribution in [0.15, 0.2) is 0 Å². The van der Waals surface area contributed by atoms with Crippen molar-refractivity contribution in [3.63, 3.8) is 0 Å². The first-order valence-corrected chi connectivity index (χ1v) is 7.71. The van der Waals surface area contributed by atoms with Crippen molar-refractivity contribution in [1.29, 1.82) is 0 Å². The zero-order valence-electron chi connectivity index (χ0n) is 12.6. The zero-order chi connectivity index (χ0) is 15.5. The Labute approximate surface area is 122 Å². The van der Waals surface area contributed by atoms with Gasteiger partial charge < -0.3 is 9.64 Å². The van der Waals surface area contributed by atoms with Gasteiger partial charge in [0.25, 0.3) is 11.8 Å². The van der Waals surface area contributed by atoms with Gasteiger partial charge in [0.05, 0.1) is 18.1 Å². The molecule has 1 spiro atoms. The van der Waals surface area contributed by atoms with Crippen molar-refractivity contribution < 1.29 is 22.3 Å². The summed E-state index contributed by atoms with van der Waals surface area (Å²) in [4.78, 5) is 1.92. The molecular formula is C15H23F4NO. The Bertz CT molecular complexity index is 418. The lowest BCUT2D eigenvalue weighted by Crippen LogP contribution is -2.42. The molecule has 0 aromatic rings. The van der Waals surface area contributed by atoms with E-state index in [-0.39, 0.29) is 32.1 Å². The maximum absolute atomic E-state index is 13.7. The van der Waals surface area contributed by atoms with E-state index in [1.807, 2.05) is 18.7 Å². The Kier molecular flexibility index (Phi) is 3.38. The molecule has 0 amide bonds. The van der Waals surface area contributed by atoms with Crippen LogP contribution in [0.4, 0.5) is 17.6 Å². The Morgan fingerprint density at radius 3 is 1.90 bits per heavy atom. The van der Waals surface area contributed by atoms with Gasteiger partial charge in [-0.3, -0.25) is 0 Å². The molecule has 0 bridgehead atoms. The van der Waals surface area contributed by atoms with Crippen LogP contribution in [-0.4, -0.2) is 49.1 Å². The highest BCUT2D eigenvalue weighted by Crippen LogP contribution is 2.66. The summed E-state index contributed by atoms with van der Waals surface area (Å²) < 4.78 is 59.5. The van der Waals surface area contributed by atoms with Crippen LogP contribution in [0.5, 0.6) is 0 Å². The maximum atomic E-state index is 13.7. The van der Waals surface area contributed by atoms with E-state index in [0.717, 1.165) is 0 Å². The molecule has 2 nitrogen and oxygen atoms in total. The summed E-state index contributed by atoms with van der Waals surface area (Å²) in [6.07, 6.45) is 0.600. The Balaban J connectivity index is 1.54. The normalized spacial score (nSPS) is 36.1. The van der Waals surface area contributed by atoms with Crippen LogP contribution in [0.25, 0.3) is 0 Å². The zero-order valence-corrected chi connectivity index (χ0v) is 12.6. The van der Waals surface area contributed by atoms with Crippen molar-refractivity contribution in [2.75, 3.05) is 26.2 Å². The monoisotopic (exact) mass is 309 g/mol. The molecule has 21 heavy (non-hydrogen) atoms. The van der Waals surface area contributed by atoms with Crippen LogP contribution < -0.4 is 0 Å². The number of likely N-dealkylation sites (tertiary alicyclic amines) is 1. The molecule has 3 aliphatic rings. The van der Waals surface area contributed by atoms with Gasteiger partial charge in [-0.05, 0) is 39.8 Å². The molecule has 1 saturated heterocycles. The molecular weight excluding hydrogens is 286 g/mol. The van der Waals surface area contributed by atoms with Gasteiger partial charge in [0, 0.05) is 24.8 Å². The summed E-state index contributed by atoms with van der Waals surface area (Å²) in [5.41, 5.74) is -1.93. The first kappa shape index (κ1) is 15.5. The lowest BCUT2D eigenvalue weighted by molar-refractivity contribution is -0.0338. The van der Waals surface area contributed by atoms with E-state index < -0.39 is 22.7 Å². The second kappa shape index (κ2) is 4.57. The predicted molar refractivity (Wildman–Crippen MR) is 70.8 cm³/mol. The van der Waals surface area contributed by atoms with E-state index in [1.54, 1.807) is 0 Å². The van der Waals surface area contributed by atoms with Crippen LogP contribution in [0.2, 0.25) is 0 Å². The summed E-state index contributed by atoms with van der Waals surface area (Å²) in [7, 11) is 0. The number of hydrogen-bond acceptors (Lipinski definition) is 2. The van der Waals surface area contributed by atoms with E-state index in [0.29, 0.717) is 25.9 Å². The highest BCUT2D eigenvalue weighted by molar-refractivity contribution is 5.14. The minimum Gasteiger partial charge on any atom is -0.378 e. The quantitative estimate of drug-likeness (QED) is 0.720. The summed E-state index contributed by atoms with van der Waals surface area (Å²) in [6.45, 7) is 4.95. The molecule has 0 aromatic carbocycles. The standard InChI is InChI=1S/C15H23F4NO/c1-11(2)21-10-13(8-15(13,18)19)9-20-5-3-12(4-6-20)7-14(12,16)17/h11H,3-10H2,1-2H3. The van der Waals surface area contributed by atoms with Gasteiger partial charge in [-0.25, -0.2) is 17.6 Å². The SMILES string of the molecule is CC(C)OCC1(CN2CCC3(CC2)CC3(F)F)CC1(F)F. The van der Waals surface area contributed by atoms with Crippen LogP contribution >= 0.6 is 0 Å². The lowest BCUT2D eigenvalue weighted by Gasteiger charge is -2.34. The Hall–Kier alpha value is -0.360. The average molecular weight is 309 g/mol. The van der Waals surface area contributed by atoms with Crippen LogP contribution in [0.3, 0.4) is 0 Å². The van der Waals surface area contributed by atoms with Crippen molar-refractivity contribution in [2.45, 2.75) is 57.5 Å². The highest BCUT2D eigenvalue weighted by Gasteiger charge is 2.73. The second-order valence-electron chi connectivity index (χ2n) is 7.46. The lowest BCUT2D eigenvalue weighted by atomic mass is 9.92. The number of halogens is 4. The number of piperidine rings is 1. The third-order valence-corrected chi connectivity index (χ3v) is 5.45. The smallest absolute Gasteiger partial charge is 0.258 e. The maximum Gasteiger partial charge on any atom is 0.258 e. The van der Waals surface area contributed by atoms with E-state index in [2.05, 4.69) is 0 Å². The van der Waals surface area contributed by atoms with Crippen molar-refractivity contribution in [3.8, 4) is 0 Å². The van der Waals surface area contributed by atoms with Gasteiger partial charge in [-0.2, -0.15) is 0 Å². The molecule has 2 saturated carbocycles. The number of nitrogens with zero attached hydrogens (tertiary/aromatic N) is 1. The summed E-state index contributed by atoms with van der Waals surface area (Å²) >= 11 is 0. The molecule has 0 aromatic heterocycles. The molecule has 6 heteroatoms. The molecule has 122 valence electrons. The van der Waals surface area contributed by atoms with Crippen molar-refractivity contribution >= 4 is 0 Å². The van der Waals surface area contributed by atoms with E-state index in [1.165, 1.54) is 0 Å². The fourth-order valence-corrected chi connectivity index (χ4v) is 3.57. The van der Waals surface area contributed by atoms with Crippen LogP contribution in [0, 0.1) is 10.8 Å². The Morgan fingerprint density at radius 1 is 1.00 bits per heavy atom. The van der Waals surface area contributed by atoms with Crippen molar-refractivity contribution in [2.24, 2.45) is 10.8 Å². The van der Waals surface area contributed by atoms with Gasteiger partial charge in [0.2, 0.25) is 0 Å². The molecule has 1 atom stereocenters. The fourth-order valence-electron chi connectivity index (χ4n) is 3.57. The van der Waals surface area contributed by atoms with Crippen LogP contribution in [-0.2, 0) is 4.74 Å². The number of rotatable bonds is 5. The fraction of sp³-hybridized carbons (Fsp3) is 1.00. The third kappa shape index (κ3) is 2.58. The second-order valence-corrected chi connectivity index (χ2v) is 7.46. The molecule has 0 radical (unpaired) electrons. The predicted octanol–water partition coefficient (Wildman–Crippen LogP) is 3.56. The molecule has 1 unspecified atom stereocenters. The largest absolute Gasteiger partial charge is 0.378 e. The molecule has 1 heterocycles. The molecule has 3 rings (SSSR count). The topological polar surface area (TPSA) is 12.5 Å². The first-order valence-electron chi connectivity index (χ1n) is 7.71. The minimum atomic E-state index is -2.68. The van der Waals surface area contributed by atoms with Gasteiger partial charge in [-0.15, -0.1) is 0 Å². The Morgan fingerprint density at radius 2 is 1.52 bits per heavy atom. The van der Waals surface area contributed by atoms with Gasteiger partial charge in [-0.1, -0.05) is 0 Å². The van der Waals surface area contributed by atoms with Crippen LogP contribution in [0.1, 0.15) is 39.5 Å². The van der Waals surface area contributed by atoms with Crippen molar-refractivity contribution in [1.82, 2.24) is 4.90 Å². The van der Waals surface area contributed by atoms with Gasteiger partial charge in [0.15, 0.2) is 0 Å².